The fourth-order valence-electron chi connectivity index (χ4n) is 3.85. The molecule has 0 spiro atoms. The molecular weight excluding hydrogens is 422 g/mol. The minimum Gasteiger partial charge on any atom is -0.426 e. The summed E-state index contributed by atoms with van der Waals surface area (Å²) >= 11 is 0. The second kappa shape index (κ2) is 8.87. The Morgan fingerprint density at radius 3 is 2.55 bits per heavy atom. The number of urea groups is 1. The van der Waals surface area contributed by atoms with Crippen molar-refractivity contribution in [1.82, 2.24) is 9.97 Å². The van der Waals surface area contributed by atoms with Crippen molar-refractivity contribution in [2.45, 2.75) is 13.3 Å². The quantitative estimate of drug-likeness (QED) is 0.468. The van der Waals surface area contributed by atoms with E-state index in [2.05, 4.69) is 20.5 Å². The molecule has 0 radical (unpaired) electrons. The lowest BCUT2D eigenvalue weighted by atomic mass is 10.1. The van der Waals surface area contributed by atoms with E-state index < -0.39 is 6.03 Å². The van der Waals surface area contributed by atoms with Crippen molar-refractivity contribution in [3.05, 3.63) is 59.8 Å². The van der Waals surface area contributed by atoms with Crippen LogP contribution in [0, 0.1) is 6.92 Å². The summed E-state index contributed by atoms with van der Waals surface area (Å²) in [5, 5.41) is 5.55. The number of nitrogens with zero attached hydrogens (tertiary/aromatic N) is 3. The van der Waals surface area contributed by atoms with Crippen LogP contribution in [0.15, 0.2) is 48.7 Å². The van der Waals surface area contributed by atoms with Gasteiger partial charge in [0.05, 0.1) is 19.6 Å². The summed E-state index contributed by atoms with van der Waals surface area (Å²) in [6.45, 7) is 5.00. The Morgan fingerprint density at radius 2 is 1.76 bits per heavy atom. The van der Waals surface area contributed by atoms with Gasteiger partial charge >= 0.3 is 12.0 Å². The minimum absolute atomic E-state index is 0.257. The van der Waals surface area contributed by atoms with Crippen molar-refractivity contribution in [2.75, 3.05) is 41.8 Å². The molecule has 9 heteroatoms. The highest BCUT2D eigenvalue weighted by molar-refractivity contribution is 6.00. The molecule has 1 aromatic heterocycles. The Hall–Kier alpha value is -3.98. The van der Waals surface area contributed by atoms with Crippen LogP contribution in [-0.4, -0.2) is 48.3 Å². The number of aromatic nitrogens is 2. The van der Waals surface area contributed by atoms with E-state index >= 15 is 0 Å². The normalized spacial score (nSPS) is 15.1. The first kappa shape index (κ1) is 20.9. The Morgan fingerprint density at radius 1 is 1.03 bits per heavy atom. The Bertz CT molecular complexity index is 1210. The number of fused-ring (bicyclic) bond motifs is 1. The van der Waals surface area contributed by atoms with Crippen molar-refractivity contribution in [1.29, 1.82) is 0 Å². The van der Waals surface area contributed by atoms with Gasteiger partial charge in [-0.1, -0.05) is 6.07 Å². The third-order valence-electron chi connectivity index (χ3n) is 5.54. The molecule has 168 valence electrons. The van der Waals surface area contributed by atoms with Gasteiger partial charge in [0.2, 0.25) is 0 Å². The lowest BCUT2D eigenvalue weighted by Crippen LogP contribution is -2.37. The number of nitrogens with one attached hydrogen (secondary N) is 2. The zero-order valence-electron chi connectivity index (χ0n) is 18.1. The van der Waals surface area contributed by atoms with Gasteiger partial charge < -0.3 is 25.0 Å². The first-order valence-corrected chi connectivity index (χ1v) is 10.7. The second-order valence-corrected chi connectivity index (χ2v) is 7.93. The third-order valence-corrected chi connectivity index (χ3v) is 5.54. The van der Waals surface area contributed by atoms with E-state index in [4.69, 9.17) is 14.5 Å². The maximum Gasteiger partial charge on any atom is 0.323 e. The molecule has 33 heavy (non-hydrogen) atoms. The predicted octanol–water partition coefficient (Wildman–Crippen LogP) is 3.39. The number of carbonyl (C=O) groups is 2. The lowest BCUT2D eigenvalue weighted by Gasteiger charge is -2.29. The average Bonchev–Trinajstić information content (AvgIpc) is 3.20. The number of hydrogen-bond donors (Lipinski definition) is 2. The number of benzene rings is 2. The number of rotatable bonds is 4. The highest BCUT2D eigenvalue weighted by atomic mass is 16.5. The van der Waals surface area contributed by atoms with E-state index in [1.807, 2.05) is 25.3 Å². The first-order chi connectivity index (χ1) is 16.0. The molecule has 2 amide bonds. The van der Waals surface area contributed by atoms with Gasteiger partial charge in [0.15, 0.2) is 5.82 Å². The highest BCUT2D eigenvalue weighted by Gasteiger charge is 2.20. The van der Waals surface area contributed by atoms with Crippen LogP contribution in [-0.2, 0) is 16.0 Å². The maximum atomic E-state index is 12.4. The van der Waals surface area contributed by atoms with Gasteiger partial charge in [-0.15, -0.1) is 0 Å². The molecule has 9 nitrogen and oxygen atoms in total. The molecule has 2 aliphatic rings. The zero-order chi connectivity index (χ0) is 22.8. The maximum absolute atomic E-state index is 12.4. The lowest BCUT2D eigenvalue weighted by molar-refractivity contribution is -0.131. The number of morpholine rings is 1. The van der Waals surface area contributed by atoms with Crippen LogP contribution >= 0.6 is 0 Å². The monoisotopic (exact) mass is 445 g/mol. The summed E-state index contributed by atoms with van der Waals surface area (Å²) in [6.07, 6.45) is 2.09. The largest absolute Gasteiger partial charge is 0.426 e. The molecule has 1 saturated heterocycles. The fourth-order valence-corrected chi connectivity index (χ4v) is 3.85. The summed E-state index contributed by atoms with van der Waals surface area (Å²) < 4.78 is 10.6. The average molecular weight is 445 g/mol. The molecule has 2 N–H and O–H groups in total. The van der Waals surface area contributed by atoms with Crippen molar-refractivity contribution < 1.29 is 19.1 Å². The molecule has 0 bridgehead atoms. The van der Waals surface area contributed by atoms with Crippen LogP contribution < -0.4 is 20.3 Å². The number of anilines is 3. The number of hydrogen-bond acceptors (Lipinski definition) is 7. The Balaban J connectivity index is 1.25. The van der Waals surface area contributed by atoms with Crippen LogP contribution in [0.3, 0.4) is 0 Å². The number of amides is 2. The smallest absolute Gasteiger partial charge is 0.323 e. The standard InChI is InChI=1S/C24H23N5O4/c1-15-14-25-22(28-23(15)29-8-10-32-11-9-29)16-2-5-18(6-3-16)26-24(31)27-19-7-4-17-12-21(30)33-20(17)13-19/h2-7,13-14H,8-12H2,1H3,(H2,26,27,31). The Kier molecular flexibility index (Phi) is 5.62. The third kappa shape index (κ3) is 4.63. The minimum atomic E-state index is -0.395. The molecule has 0 atom stereocenters. The van der Waals surface area contributed by atoms with Gasteiger partial charge in [-0.2, -0.15) is 0 Å². The molecule has 5 rings (SSSR count). The summed E-state index contributed by atoms with van der Waals surface area (Å²) in [7, 11) is 0. The van der Waals surface area contributed by atoms with Crippen molar-refractivity contribution in [3.8, 4) is 17.1 Å². The molecule has 2 aromatic carbocycles. The molecule has 0 aliphatic carbocycles. The van der Waals surface area contributed by atoms with E-state index in [1.165, 1.54) is 0 Å². The van der Waals surface area contributed by atoms with Gasteiger partial charge in [0.1, 0.15) is 11.6 Å². The molecule has 3 heterocycles. The van der Waals surface area contributed by atoms with Crippen molar-refractivity contribution in [2.24, 2.45) is 0 Å². The molecule has 1 fully saturated rings. The second-order valence-electron chi connectivity index (χ2n) is 7.93. The fraction of sp³-hybridized carbons (Fsp3) is 0.250. The van der Waals surface area contributed by atoms with Crippen molar-refractivity contribution in [3.63, 3.8) is 0 Å². The molecular formula is C24H23N5O4. The summed E-state index contributed by atoms with van der Waals surface area (Å²) in [5.41, 5.74) is 3.87. The van der Waals surface area contributed by atoms with Gasteiger partial charge in [-0.3, -0.25) is 4.79 Å². The first-order valence-electron chi connectivity index (χ1n) is 10.7. The van der Waals surface area contributed by atoms with E-state index in [0.29, 0.717) is 36.2 Å². The molecule has 3 aromatic rings. The SMILES string of the molecule is Cc1cnc(-c2ccc(NC(=O)Nc3ccc4c(c3)OC(=O)C4)cc2)nc1N1CCOCC1. The van der Waals surface area contributed by atoms with E-state index in [9.17, 15) is 9.59 Å². The number of aryl methyl sites for hydroxylation is 1. The van der Waals surface area contributed by atoms with Crippen molar-refractivity contribution >= 4 is 29.2 Å². The molecule has 0 saturated carbocycles. The Labute approximate surface area is 190 Å². The van der Waals surface area contributed by atoms with E-state index in [1.54, 1.807) is 30.3 Å². The summed E-state index contributed by atoms with van der Waals surface area (Å²) in [5.74, 6) is 1.74. The predicted molar refractivity (Wildman–Crippen MR) is 124 cm³/mol. The van der Waals surface area contributed by atoms with Crippen LogP contribution in [0.25, 0.3) is 11.4 Å². The van der Waals surface area contributed by atoms with Gasteiger partial charge in [0, 0.05) is 53.4 Å². The zero-order valence-corrected chi connectivity index (χ0v) is 18.1. The molecule has 0 unspecified atom stereocenters. The highest BCUT2D eigenvalue weighted by Crippen LogP contribution is 2.29. The van der Waals surface area contributed by atoms with Crippen LogP contribution in [0.2, 0.25) is 0 Å². The number of esters is 1. The van der Waals surface area contributed by atoms with Gasteiger partial charge in [-0.05, 0) is 37.3 Å². The van der Waals surface area contributed by atoms with Crippen LogP contribution in [0.5, 0.6) is 5.75 Å². The van der Waals surface area contributed by atoms with E-state index in [0.717, 1.165) is 35.6 Å². The van der Waals surface area contributed by atoms with Gasteiger partial charge in [-0.25, -0.2) is 14.8 Å². The van der Waals surface area contributed by atoms with Crippen LogP contribution in [0.1, 0.15) is 11.1 Å². The number of ether oxygens (including phenoxy) is 2. The summed E-state index contributed by atoms with van der Waals surface area (Å²) in [6, 6.07) is 12.1. The molecule has 2 aliphatic heterocycles. The number of carbonyl (C=O) groups excluding carboxylic acids is 2. The van der Waals surface area contributed by atoms with Gasteiger partial charge in [0.25, 0.3) is 0 Å². The van der Waals surface area contributed by atoms with E-state index in [-0.39, 0.29) is 12.4 Å². The topological polar surface area (TPSA) is 106 Å². The van der Waals surface area contributed by atoms with Crippen LogP contribution in [0.4, 0.5) is 22.0 Å². The summed E-state index contributed by atoms with van der Waals surface area (Å²) in [4.78, 5) is 35.2.